The summed E-state index contributed by atoms with van der Waals surface area (Å²) in [7, 11) is 0. The van der Waals surface area contributed by atoms with E-state index < -0.39 is 16.9 Å². The van der Waals surface area contributed by atoms with Gasteiger partial charge in [0.25, 0.3) is 11.6 Å². The number of amides is 3. The first-order chi connectivity index (χ1) is 16.4. The van der Waals surface area contributed by atoms with Gasteiger partial charge in [-0.15, -0.1) is 5.10 Å². The monoisotopic (exact) mass is 462 g/mol. The lowest BCUT2D eigenvalue weighted by Gasteiger charge is -2.29. The molecule has 12 nitrogen and oxygen atoms in total. The van der Waals surface area contributed by atoms with Crippen molar-refractivity contribution in [2.24, 2.45) is 0 Å². The molecular formula is C22H18N6O6. The number of nitrogens with zero attached hydrogens (tertiary/aromatic N) is 5. The number of carbonyl (C=O) groups excluding carboxylic acids is 3. The lowest BCUT2D eigenvalue weighted by atomic mass is 10.0. The molecule has 2 aliphatic heterocycles. The molecule has 0 bridgehead atoms. The second kappa shape index (κ2) is 8.39. The quantitative estimate of drug-likeness (QED) is 0.329. The number of imide groups is 1. The van der Waals surface area contributed by atoms with Crippen molar-refractivity contribution in [1.29, 1.82) is 0 Å². The average Bonchev–Trinajstić information content (AvgIpc) is 3.43. The lowest BCUT2D eigenvalue weighted by molar-refractivity contribution is -0.384. The second-order valence-corrected chi connectivity index (χ2v) is 7.94. The molecule has 3 aromatic rings. The van der Waals surface area contributed by atoms with Crippen LogP contribution in [0.15, 0.2) is 48.7 Å². The number of ether oxygens (including phenoxy) is 1. The molecule has 1 saturated heterocycles. The van der Waals surface area contributed by atoms with Crippen LogP contribution < -0.4 is 10.1 Å². The van der Waals surface area contributed by atoms with Gasteiger partial charge in [0.05, 0.1) is 16.8 Å². The number of hydrogen-bond donors (Lipinski definition) is 1. The van der Waals surface area contributed by atoms with Crippen molar-refractivity contribution in [3.8, 4) is 11.4 Å². The van der Waals surface area contributed by atoms with Gasteiger partial charge in [0.1, 0.15) is 24.1 Å². The van der Waals surface area contributed by atoms with E-state index in [-0.39, 0.29) is 30.5 Å². The van der Waals surface area contributed by atoms with E-state index >= 15 is 0 Å². The van der Waals surface area contributed by atoms with E-state index in [0.29, 0.717) is 35.7 Å². The number of non-ortho nitro benzene ring substituents is 1. The Morgan fingerprint density at radius 3 is 2.68 bits per heavy atom. The highest BCUT2D eigenvalue weighted by atomic mass is 16.6. The predicted octanol–water partition coefficient (Wildman–Crippen LogP) is 1.52. The number of benzene rings is 2. The maximum absolute atomic E-state index is 13.0. The van der Waals surface area contributed by atoms with Crippen LogP contribution >= 0.6 is 0 Å². The van der Waals surface area contributed by atoms with Crippen LogP contribution in [0.5, 0.6) is 5.75 Å². The Morgan fingerprint density at radius 2 is 1.94 bits per heavy atom. The van der Waals surface area contributed by atoms with Crippen molar-refractivity contribution in [2.75, 3.05) is 0 Å². The molecule has 1 aromatic heterocycles. The van der Waals surface area contributed by atoms with Crippen molar-refractivity contribution in [3.05, 3.63) is 75.6 Å². The Bertz CT molecular complexity index is 1320. The van der Waals surface area contributed by atoms with Crippen molar-refractivity contribution in [3.63, 3.8) is 0 Å². The van der Waals surface area contributed by atoms with E-state index in [1.54, 1.807) is 18.3 Å². The summed E-state index contributed by atoms with van der Waals surface area (Å²) in [6, 6.07) is 10.3. The first-order valence-electron chi connectivity index (χ1n) is 10.5. The minimum absolute atomic E-state index is 0.0272. The van der Waals surface area contributed by atoms with Gasteiger partial charge in [0.2, 0.25) is 11.8 Å². The summed E-state index contributed by atoms with van der Waals surface area (Å²) in [6.45, 7) is 0.400. The zero-order chi connectivity index (χ0) is 23.8. The van der Waals surface area contributed by atoms with Crippen LogP contribution in [0, 0.1) is 10.1 Å². The molecule has 2 aliphatic rings. The minimum Gasteiger partial charge on any atom is -0.487 e. The van der Waals surface area contributed by atoms with Gasteiger partial charge in [-0.2, -0.15) is 0 Å². The van der Waals surface area contributed by atoms with Gasteiger partial charge in [0.15, 0.2) is 0 Å². The Balaban J connectivity index is 1.27. The number of nitro groups is 1. The Hall–Kier alpha value is -4.61. The molecule has 3 amide bonds. The molecule has 5 rings (SSSR count). The van der Waals surface area contributed by atoms with E-state index in [2.05, 4.69) is 15.6 Å². The van der Waals surface area contributed by atoms with E-state index in [4.69, 9.17) is 4.74 Å². The number of nitro benzene ring substituents is 1. The van der Waals surface area contributed by atoms with Crippen LogP contribution in [0.4, 0.5) is 5.69 Å². The number of hydrogen-bond acceptors (Lipinski definition) is 8. The van der Waals surface area contributed by atoms with E-state index in [1.165, 1.54) is 33.8 Å². The molecule has 3 heterocycles. The fraction of sp³-hybridized carbons (Fsp3) is 0.227. The van der Waals surface area contributed by atoms with Gasteiger partial charge in [-0.1, -0.05) is 11.3 Å². The fourth-order valence-electron chi connectivity index (χ4n) is 4.00. The molecule has 1 fully saturated rings. The largest absolute Gasteiger partial charge is 0.487 e. The maximum atomic E-state index is 13.0. The minimum atomic E-state index is -0.671. The van der Waals surface area contributed by atoms with Gasteiger partial charge < -0.3 is 9.64 Å². The summed E-state index contributed by atoms with van der Waals surface area (Å²) < 4.78 is 7.12. The Labute approximate surface area is 192 Å². The molecule has 1 atom stereocenters. The van der Waals surface area contributed by atoms with Gasteiger partial charge in [-0.25, -0.2) is 4.68 Å². The van der Waals surface area contributed by atoms with E-state index in [9.17, 15) is 24.5 Å². The van der Waals surface area contributed by atoms with Crippen LogP contribution in [0.25, 0.3) is 5.69 Å². The molecule has 1 unspecified atom stereocenters. The first-order valence-corrected chi connectivity index (χ1v) is 10.5. The Morgan fingerprint density at radius 1 is 1.15 bits per heavy atom. The molecule has 0 aliphatic carbocycles. The summed E-state index contributed by atoms with van der Waals surface area (Å²) >= 11 is 0. The third-order valence-electron chi connectivity index (χ3n) is 5.75. The summed E-state index contributed by atoms with van der Waals surface area (Å²) in [4.78, 5) is 48.3. The number of piperidine rings is 1. The molecule has 172 valence electrons. The summed E-state index contributed by atoms with van der Waals surface area (Å²) in [5, 5.41) is 21.2. The highest BCUT2D eigenvalue weighted by Gasteiger charge is 2.39. The molecule has 0 spiro atoms. The van der Waals surface area contributed by atoms with Gasteiger partial charge >= 0.3 is 0 Å². The third-order valence-corrected chi connectivity index (χ3v) is 5.75. The average molecular weight is 462 g/mol. The smallest absolute Gasteiger partial charge is 0.269 e. The van der Waals surface area contributed by atoms with E-state index in [1.807, 2.05) is 6.07 Å². The number of fused-ring (bicyclic) bond motifs is 1. The van der Waals surface area contributed by atoms with Gasteiger partial charge in [-0.3, -0.25) is 29.8 Å². The van der Waals surface area contributed by atoms with Crippen LogP contribution in [0.1, 0.15) is 34.5 Å². The van der Waals surface area contributed by atoms with Crippen LogP contribution in [0.2, 0.25) is 0 Å². The molecule has 1 N–H and O–H groups in total. The first kappa shape index (κ1) is 21.2. The van der Waals surface area contributed by atoms with Crippen molar-refractivity contribution < 1.29 is 24.0 Å². The fourth-order valence-corrected chi connectivity index (χ4v) is 4.00. The SMILES string of the molecule is O=C1CCC(N2Cc3ccc(-n4cc(COc5ccc([N+](=O)[O-])cc5)nn4)cc3C2=O)C(=O)N1. The zero-order valence-corrected chi connectivity index (χ0v) is 17.7. The predicted molar refractivity (Wildman–Crippen MR) is 115 cm³/mol. The van der Waals surface area contributed by atoms with Gasteiger partial charge in [-0.05, 0) is 36.2 Å². The van der Waals surface area contributed by atoms with Crippen LogP contribution in [-0.4, -0.2) is 48.6 Å². The van der Waals surface area contributed by atoms with Crippen molar-refractivity contribution >= 4 is 23.4 Å². The maximum Gasteiger partial charge on any atom is 0.269 e. The van der Waals surface area contributed by atoms with Crippen molar-refractivity contribution in [2.45, 2.75) is 32.0 Å². The highest BCUT2D eigenvalue weighted by Crippen LogP contribution is 2.29. The zero-order valence-electron chi connectivity index (χ0n) is 17.7. The van der Waals surface area contributed by atoms with Crippen molar-refractivity contribution in [1.82, 2.24) is 25.2 Å². The van der Waals surface area contributed by atoms with E-state index in [0.717, 1.165) is 5.56 Å². The molecule has 2 aromatic carbocycles. The molecule has 34 heavy (non-hydrogen) atoms. The topological polar surface area (TPSA) is 150 Å². The highest BCUT2D eigenvalue weighted by molar-refractivity contribution is 6.05. The molecule has 12 heteroatoms. The molecule has 0 radical (unpaired) electrons. The normalized spacial score (nSPS) is 17.5. The molecule has 0 saturated carbocycles. The number of aromatic nitrogens is 3. The number of rotatable bonds is 6. The third kappa shape index (κ3) is 3.96. The Kier molecular flexibility index (Phi) is 5.24. The van der Waals surface area contributed by atoms with Crippen LogP contribution in [0.3, 0.4) is 0 Å². The summed E-state index contributed by atoms with van der Waals surface area (Å²) in [5.41, 5.74) is 2.38. The van der Waals surface area contributed by atoms with Crippen LogP contribution in [-0.2, 0) is 22.7 Å². The second-order valence-electron chi connectivity index (χ2n) is 7.94. The van der Waals surface area contributed by atoms with Gasteiger partial charge in [0, 0.05) is 30.7 Å². The number of nitrogens with one attached hydrogen (secondary N) is 1. The summed E-state index contributed by atoms with van der Waals surface area (Å²) in [5.74, 6) is -0.594. The number of carbonyl (C=O) groups is 3. The molecular weight excluding hydrogens is 444 g/mol. The summed E-state index contributed by atoms with van der Waals surface area (Å²) in [6.07, 6.45) is 2.16. The lowest BCUT2D eigenvalue weighted by Crippen LogP contribution is -2.52. The standard InChI is InChI=1S/C22H18N6O6/c29-20-8-7-19(21(30)23-20)26-10-13-1-2-16(9-18(13)22(26)31)27-11-14(24-25-27)12-34-17-5-3-15(4-6-17)28(32)33/h1-6,9,11,19H,7-8,10,12H2,(H,23,29,30).